The van der Waals surface area contributed by atoms with E-state index in [1.165, 1.54) is 12.8 Å². The van der Waals surface area contributed by atoms with Crippen LogP contribution >= 0.6 is 0 Å². The summed E-state index contributed by atoms with van der Waals surface area (Å²) in [5.41, 5.74) is 0.830. The van der Waals surface area contributed by atoms with Crippen LogP contribution < -0.4 is 0 Å². The van der Waals surface area contributed by atoms with Gasteiger partial charge in [-0.3, -0.25) is 4.79 Å². The van der Waals surface area contributed by atoms with E-state index in [2.05, 4.69) is 27.7 Å². The SMILES string of the molecule is C[C@@H]1CCC(=O)[C@@H]2CC[C@H]3[C@H](C3(C)C)[C@@]12C. The lowest BCUT2D eigenvalue weighted by molar-refractivity contribution is -0.137. The second-order valence-corrected chi connectivity index (χ2v) is 7.31. The molecule has 0 spiro atoms. The number of carbonyl (C=O) groups is 1. The molecular formula is C15H24O. The van der Waals surface area contributed by atoms with Gasteiger partial charge in [0.05, 0.1) is 0 Å². The fraction of sp³-hybridized carbons (Fsp3) is 0.933. The minimum Gasteiger partial charge on any atom is -0.299 e. The maximum Gasteiger partial charge on any atom is 0.136 e. The summed E-state index contributed by atoms with van der Waals surface area (Å²) in [7, 11) is 0. The molecule has 0 aromatic carbocycles. The van der Waals surface area contributed by atoms with Gasteiger partial charge in [-0.15, -0.1) is 0 Å². The molecule has 0 aromatic heterocycles. The number of ketones is 1. The number of hydrogen-bond donors (Lipinski definition) is 0. The Morgan fingerprint density at radius 3 is 2.50 bits per heavy atom. The molecule has 1 heteroatoms. The zero-order valence-corrected chi connectivity index (χ0v) is 11.0. The van der Waals surface area contributed by atoms with Gasteiger partial charge in [0.15, 0.2) is 0 Å². The predicted molar refractivity (Wildman–Crippen MR) is 65.0 cm³/mol. The lowest BCUT2D eigenvalue weighted by atomic mass is 9.54. The van der Waals surface area contributed by atoms with E-state index in [0.717, 1.165) is 30.6 Å². The van der Waals surface area contributed by atoms with E-state index in [-0.39, 0.29) is 0 Å². The van der Waals surface area contributed by atoms with Gasteiger partial charge < -0.3 is 0 Å². The van der Waals surface area contributed by atoms with Gasteiger partial charge in [0.2, 0.25) is 0 Å². The number of fused-ring (bicyclic) bond motifs is 3. The molecule has 0 saturated heterocycles. The Balaban J connectivity index is 2.00. The summed E-state index contributed by atoms with van der Waals surface area (Å²) in [5, 5.41) is 0. The van der Waals surface area contributed by atoms with Crippen LogP contribution in [0.4, 0.5) is 0 Å². The summed E-state index contributed by atoms with van der Waals surface area (Å²) in [6.07, 6.45) is 4.45. The van der Waals surface area contributed by atoms with Crippen molar-refractivity contribution in [2.45, 2.75) is 53.4 Å². The molecule has 0 bridgehead atoms. The molecule has 16 heavy (non-hydrogen) atoms. The second kappa shape index (κ2) is 2.91. The zero-order valence-electron chi connectivity index (χ0n) is 11.0. The van der Waals surface area contributed by atoms with E-state index >= 15 is 0 Å². The quantitative estimate of drug-likeness (QED) is 0.608. The molecule has 5 atom stereocenters. The van der Waals surface area contributed by atoms with Crippen molar-refractivity contribution in [2.75, 3.05) is 0 Å². The standard InChI is InChI=1S/C15H24O/c1-9-5-8-12(16)10-6-7-11-13(14(11,2)3)15(9,10)4/h9-11,13H,5-8H2,1-4H3/t9-,10+,11+,13-,15+/m1/s1. The Kier molecular flexibility index (Phi) is 1.97. The Labute approximate surface area is 99.0 Å². The van der Waals surface area contributed by atoms with Crippen molar-refractivity contribution in [3.63, 3.8) is 0 Å². The van der Waals surface area contributed by atoms with Crippen LogP contribution in [-0.4, -0.2) is 5.78 Å². The molecule has 3 rings (SSSR count). The van der Waals surface area contributed by atoms with E-state index < -0.39 is 0 Å². The van der Waals surface area contributed by atoms with E-state index in [1.54, 1.807) is 0 Å². The maximum absolute atomic E-state index is 12.2. The molecule has 0 aromatic rings. The molecule has 3 aliphatic carbocycles. The third kappa shape index (κ3) is 1.05. The van der Waals surface area contributed by atoms with E-state index in [4.69, 9.17) is 0 Å². The van der Waals surface area contributed by atoms with Gasteiger partial charge in [0, 0.05) is 12.3 Å². The van der Waals surface area contributed by atoms with Crippen molar-refractivity contribution < 1.29 is 4.79 Å². The Hall–Kier alpha value is -0.330. The van der Waals surface area contributed by atoms with Gasteiger partial charge in [0.1, 0.15) is 5.78 Å². The van der Waals surface area contributed by atoms with E-state index in [1.807, 2.05) is 0 Å². The molecule has 0 N–H and O–H groups in total. The number of rotatable bonds is 0. The van der Waals surface area contributed by atoms with E-state index in [0.29, 0.717) is 22.5 Å². The molecule has 0 aliphatic heterocycles. The van der Waals surface area contributed by atoms with Crippen molar-refractivity contribution in [2.24, 2.45) is 34.5 Å². The Morgan fingerprint density at radius 2 is 1.81 bits per heavy atom. The van der Waals surface area contributed by atoms with Crippen molar-refractivity contribution in [1.82, 2.24) is 0 Å². The van der Waals surface area contributed by atoms with Crippen LogP contribution in [0.25, 0.3) is 0 Å². The average Bonchev–Trinajstić information content (AvgIpc) is 2.78. The van der Waals surface area contributed by atoms with Gasteiger partial charge in [0.25, 0.3) is 0 Å². The minimum absolute atomic E-state index is 0.321. The average molecular weight is 220 g/mol. The first-order valence-corrected chi connectivity index (χ1v) is 6.93. The molecule has 0 amide bonds. The third-order valence-electron chi connectivity index (χ3n) is 6.51. The van der Waals surface area contributed by atoms with Crippen LogP contribution in [0, 0.1) is 34.5 Å². The number of hydrogen-bond acceptors (Lipinski definition) is 1. The minimum atomic E-state index is 0.321. The van der Waals surface area contributed by atoms with Crippen LogP contribution in [0.3, 0.4) is 0 Å². The lowest BCUT2D eigenvalue weighted by Crippen LogP contribution is -2.47. The largest absolute Gasteiger partial charge is 0.299 e. The van der Waals surface area contributed by atoms with Gasteiger partial charge in [-0.2, -0.15) is 0 Å². The monoisotopic (exact) mass is 220 g/mol. The molecule has 90 valence electrons. The maximum atomic E-state index is 12.2. The number of Topliss-reactive ketones (excluding diaryl/α,β-unsaturated/α-hetero) is 1. The highest BCUT2D eigenvalue weighted by Crippen LogP contribution is 2.75. The van der Waals surface area contributed by atoms with Crippen LogP contribution in [0.5, 0.6) is 0 Å². The van der Waals surface area contributed by atoms with Gasteiger partial charge in [-0.1, -0.05) is 27.7 Å². The Bertz CT molecular complexity index is 343. The molecule has 0 radical (unpaired) electrons. The number of carbonyl (C=O) groups excluding carboxylic acids is 1. The highest BCUT2D eigenvalue weighted by atomic mass is 16.1. The van der Waals surface area contributed by atoms with Gasteiger partial charge >= 0.3 is 0 Å². The topological polar surface area (TPSA) is 17.1 Å². The first-order valence-electron chi connectivity index (χ1n) is 6.93. The summed E-state index contributed by atoms with van der Waals surface area (Å²) >= 11 is 0. The van der Waals surface area contributed by atoms with Crippen molar-refractivity contribution >= 4 is 5.78 Å². The molecule has 3 saturated carbocycles. The molecule has 3 fully saturated rings. The molecular weight excluding hydrogens is 196 g/mol. The summed E-state index contributed by atoms with van der Waals surface area (Å²) in [6, 6.07) is 0. The van der Waals surface area contributed by atoms with E-state index in [9.17, 15) is 4.79 Å². The summed E-state index contributed by atoms with van der Waals surface area (Å²) in [5.74, 6) is 3.42. The molecule has 0 heterocycles. The zero-order chi connectivity index (χ0) is 11.7. The highest BCUT2D eigenvalue weighted by Gasteiger charge is 2.70. The van der Waals surface area contributed by atoms with Crippen molar-refractivity contribution in [3.05, 3.63) is 0 Å². The van der Waals surface area contributed by atoms with Crippen LogP contribution in [-0.2, 0) is 4.79 Å². The highest BCUT2D eigenvalue weighted by molar-refractivity contribution is 5.83. The smallest absolute Gasteiger partial charge is 0.136 e. The first-order chi connectivity index (χ1) is 7.40. The fourth-order valence-electron chi connectivity index (χ4n) is 5.39. The normalized spacial score (nSPS) is 54.1. The lowest BCUT2D eigenvalue weighted by Gasteiger charge is -2.49. The molecule has 0 unspecified atom stereocenters. The second-order valence-electron chi connectivity index (χ2n) is 7.31. The van der Waals surface area contributed by atoms with Crippen LogP contribution in [0.15, 0.2) is 0 Å². The third-order valence-corrected chi connectivity index (χ3v) is 6.51. The molecule has 3 aliphatic rings. The van der Waals surface area contributed by atoms with Crippen molar-refractivity contribution in [3.8, 4) is 0 Å². The van der Waals surface area contributed by atoms with Gasteiger partial charge in [-0.25, -0.2) is 0 Å². The van der Waals surface area contributed by atoms with Gasteiger partial charge in [-0.05, 0) is 47.8 Å². The fourth-order valence-corrected chi connectivity index (χ4v) is 5.39. The van der Waals surface area contributed by atoms with Crippen molar-refractivity contribution in [1.29, 1.82) is 0 Å². The van der Waals surface area contributed by atoms with Crippen LogP contribution in [0.2, 0.25) is 0 Å². The first kappa shape index (κ1) is 10.8. The summed E-state index contributed by atoms with van der Waals surface area (Å²) in [6.45, 7) is 9.64. The summed E-state index contributed by atoms with van der Waals surface area (Å²) < 4.78 is 0. The predicted octanol–water partition coefficient (Wildman–Crippen LogP) is 3.67. The summed E-state index contributed by atoms with van der Waals surface area (Å²) in [4.78, 5) is 12.2. The Morgan fingerprint density at radius 1 is 1.12 bits per heavy atom. The van der Waals surface area contributed by atoms with Crippen LogP contribution in [0.1, 0.15) is 53.4 Å². The molecule has 1 nitrogen and oxygen atoms in total.